The molecule has 8 heteroatoms. The highest BCUT2D eigenvalue weighted by molar-refractivity contribution is 7.94. The summed E-state index contributed by atoms with van der Waals surface area (Å²) in [4.78, 5) is 21.9. The Morgan fingerprint density at radius 2 is 1.76 bits per heavy atom. The summed E-state index contributed by atoms with van der Waals surface area (Å²) in [7, 11) is -3.84. The standard InChI is InChI=1S/C13H11NO5S2/c1-8(15)9-2-4-11(5-3-9)14-21(18,19)12-6-10(7-20-12)13(16)17/h2-7,14H,1H3,(H,16,17). The lowest BCUT2D eigenvalue weighted by atomic mass is 10.1. The number of Topliss-reactive ketones (excluding diaryl/α,β-unsaturated/α-hetero) is 1. The molecule has 0 unspecified atom stereocenters. The minimum Gasteiger partial charge on any atom is -0.478 e. The van der Waals surface area contributed by atoms with E-state index in [2.05, 4.69) is 4.72 Å². The Balaban J connectivity index is 2.24. The van der Waals surface area contributed by atoms with E-state index >= 15 is 0 Å². The molecule has 2 aromatic rings. The average molecular weight is 325 g/mol. The van der Waals surface area contributed by atoms with Gasteiger partial charge in [0.15, 0.2) is 5.78 Å². The normalized spacial score (nSPS) is 11.1. The lowest BCUT2D eigenvalue weighted by Crippen LogP contribution is -2.11. The van der Waals surface area contributed by atoms with Gasteiger partial charge in [0, 0.05) is 16.6 Å². The number of carbonyl (C=O) groups excluding carboxylic acids is 1. The number of hydrogen-bond acceptors (Lipinski definition) is 5. The van der Waals surface area contributed by atoms with Crippen molar-refractivity contribution in [3.8, 4) is 0 Å². The van der Waals surface area contributed by atoms with Crippen molar-refractivity contribution >= 4 is 38.8 Å². The summed E-state index contributed by atoms with van der Waals surface area (Å²) in [5, 5.41) is 10.1. The second-order valence-electron chi connectivity index (χ2n) is 4.20. The van der Waals surface area contributed by atoms with Gasteiger partial charge in [0.25, 0.3) is 10.0 Å². The first kappa shape index (κ1) is 15.2. The lowest BCUT2D eigenvalue weighted by Gasteiger charge is -2.06. The van der Waals surface area contributed by atoms with Crippen LogP contribution in [0.2, 0.25) is 0 Å². The van der Waals surface area contributed by atoms with E-state index in [0.717, 1.165) is 17.4 Å². The molecule has 1 heterocycles. The molecule has 0 atom stereocenters. The van der Waals surface area contributed by atoms with E-state index in [4.69, 9.17) is 5.11 Å². The molecule has 2 rings (SSSR count). The third-order valence-corrected chi connectivity index (χ3v) is 5.45. The highest BCUT2D eigenvalue weighted by Gasteiger charge is 2.19. The van der Waals surface area contributed by atoms with Crippen LogP contribution in [0.1, 0.15) is 27.6 Å². The zero-order valence-corrected chi connectivity index (χ0v) is 12.5. The smallest absolute Gasteiger partial charge is 0.336 e. The lowest BCUT2D eigenvalue weighted by molar-refractivity contribution is 0.0697. The van der Waals surface area contributed by atoms with Crippen LogP contribution in [0.3, 0.4) is 0 Å². The Kier molecular flexibility index (Phi) is 4.10. The highest BCUT2D eigenvalue weighted by Crippen LogP contribution is 2.23. The number of hydrogen-bond donors (Lipinski definition) is 2. The fraction of sp³-hybridized carbons (Fsp3) is 0.0769. The maximum Gasteiger partial charge on any atom is 0.336 e. The number of nitrogens with one attached hydrogen (secondary N) is 1. The summed E-state index contributed by atoms with van der Waals surface area (Å²) >= 11 is 0.827. The van der Waals surface area contributed by atoms with Crippen molar-refractivity contribution in [2.24, 2.45) is 0 Å². The fourth-order valence-electron chi connectivity index (χ4n) is 1.55. The maximum absolute atomic E-state index is 12.1. The number of rotatable bonds is 5. The van der Waals surface area contributed by atoms with Crippen LogP contribution in [0.25, 0.3) is 0 Å². The maximum atomic E-state index is 12.1. The first-order chi connectivity index (χ1) is 9.79. The molecule has 0 aliphatic rings. The largest absolute Gasteiger partial charge is 0.478 e. The number of ketones is 1. The zero-order chi connectivity index (χ0) is 15.6. The quantitative estimate of drug-likeness (QED) is 0.822. The van der Waals surface area contributed by atoms with Gasteiger partial charge in [-0.15, -0.1) is 11.3 Å². The third-order valence-electron chi connectivity index (χ3n) is 2.63. The first-order valence-corrected chi connectivity index (χ1v) is 8.11. The van der Waals surface area contributed by atoms with Gasteiger partial charge in [-0.25, -0.2) is 13.2 Å². The number of carboxylic acid groups (broad SMARTS) is 1. The fourth-order valence-corrected chi connectivity index (χ4v) is 3.76. The average Bonchev–Trinajstić information content (AvgIpc) is 2.89. The van der Waals surface area contributed by atoms with Gasteiger partial charge in [0.1, 0.15) is 4.21 Å². The summed E-state index contributed by atoms with van der Waals surface area (Å²) < 4.78 is 26.4. The van der Waals surface area contributed by atoms with Crippen molar-refractivity contribution in [1.29, 1.82) is 0 Å². The molecule has 6 nitrogen and oxygen atoms in total. The number of benzene rings is 1. The van der Waals surface area contributed by atoms with Crippen LogP contribution in [-0.4, -0.2) is 25.3 Å². The molecule has 0 saturated carbocycles. The monoisotopic (exact) mass is 325 g/mol. The minimum absolute atomic E-state index is 0.0766. The van der Waals surface area contributed by atoms with E-state index in [0.29, 0.717) is 11.3 Å². The minimum atomic E-state index is -3.84. The van der Waals surface area contributed by atoms with Gasteiger partial charge in [-0.05, 0) is 37.3 Å². The molecule has 110 valence electrons. The Morgan fingerprint density at radius 1 is 1.14 bits per heavy atom. The van der Waals surface area contributed by atoms with Gasteiger partial charge in [0.2, 0.25) is 0 Å². The number of sulfonamides is 1. The van der Waals surface area contributed by atoms with E-state index in [9.17, 15) is 18.0 Å². The molecule has 21 heavy (non-hydrogen) atoms. The van der Waals surface area contributed by atoms with Gasteiger partial charge < -0.3 is 5.11 Å². The van der Waals surface area contributed by atoms with Crippen molar-refractivity contribution < 1.29 is 23.1 Å². The molecule has 0 spiro atoms. The number of anilines is 1. The Labute approximate surface area is 125 Å². The van der Waals surface area contributed by atoms with Crippen molar-refractivity contribution in [3.63, 3.8) is 0 Å². The highest BCUT2D eigenvalue weighted by atomic mass is 32.2. The predicted octanol–water partition coefficient (Wildman–Crippen LogP) is 2.45. The SMILES string of the molecule is CC(=O)c1ccc(NS(=O)(=O)c2cc(C(=O)O)cs2)cc1. The van der Waals surface area contributed by atoms with Crippen LogP contribution in [0.15, 0.2) is 39.9 Å². The van der Waals surface area contributed by atoms with Crippen LogP contribution in [0.5, 0.6) is 0 Å². The molecule has 0 fully saturated rings. The number of aromatic carboxylic acids is 1. The van der Waals surface area contributed by atoms with Crippen molar-refractivity contribution in [3.05, 3.63) is 46.8 Å². The Hall–Kier alpha value is -2.19. The summed E-state index contributed by atoms with van der Waals surface area (Å²) in [6, 6.07) is 7.06. The molecule has 0 saturated heterocycles. The molecule has 2 N–H and O–H groups in total. The first-order valence-electron chi connectivity index (χ1n) is 5.75. The second kappa shape index (κ2) is 5.66. The van der Waals surface area contributed by atoms with Crippen molar-refractivity contribution in [2.75, 3.05) is 4.72 Å². The summed E-state index contributed by atoms with van der Waals surface area (Å²) in [6.45, 7) is 1.41. The van der Waals surface area contributed by atoms with Crippen molar-refractivity contribution in [1.82, 2.24) is 0 Å². The molecule has 0 aliphatic heterocycles. The van der Waals surface area contributed by atoms with Crippen LogP contribution in [0, 0.1) is 0 Å². The summed E-state index contributed by atoms with van der Waals surface area (Å²) in [5.74, 6) is -1.30. The van der Waals surface area contributed by atoms with Crippen molar-refractivity contribution in [2.45, 2.75) is 11.1 Å². The Bertz CT molecular complexity index is 790. The van der Waals surface area contributed by atoms with Crippen LogP contribution in [0.4, 0.5) is 5.69 Å². The predicted molar refractivity (Wildman–Crippen MR) is 78.5 cm³/mol. The van der Waals surface area contributed by atoms with Crippen LogP contribution >= 0.6 is 11.3 Å². The van der Waals surface area contributed by atoms with E-state index in [1.165, 1.54) is 36.6 Å². The van der Waals surface area contributed by atoms with Gasteiger partial charge in [-0.2, -0.15) is 0 Å². The van der Waals surface area contributed by atoms with Gasteiger partial charge in [0.05, 0.1) is 5.56 Å². The topological polar surface area (TPSA) is 101 Å². The van der Waals surface area contributed by atoms with E-state index in [1.54, 1.807) is 0 Å². The molecule has 0 amide bonds. The molecular weight excluding hydrogens is 314 g/mol. The molecule has 0 bridgehead atoms. The third kappa shape index (κ3) is 3.47. The van der Waals surface area contributed by atoms with Crippen LogP contribution in [-0.2, 0) is 10.0 Å². The van der Waals surface area contributed by atoms with Crippen LogP contribution < -0.4 is 4.72 Å². The van der Waals surface area contributed by atoms with E-state index < -0.39 is 16.0 Å². The summed E-state index contributed by atoms with van der Waals surface area (Å²) in [5.41, 5.74) is 0.694. The molecular formula is C13H11NO5S2. The number of thiophene rings is 1. The molecule has 1 aromatic carbocycles. The number of carboxylic acids is 1. The Morgan fingerprint density at radius 3 is 2.24 bits per heavy atom. The number of carbonyl (C=O) groups is 2. The van der Waals surface area contributed by atoms with Gasteiger partial charge >= 0.3 is 5.97 Å². The van der Waals surface area contributed by atoms with Gasteiger partial charge in [-0.3, -0.25) is 9.52 Å². The molecule has 0 radical (unpaired) electrons. The zero-order valence-electron chi connectivity index (χ0n) is 10.9. The van der Waals surface area contributed by atoms with Gasteiger partial charge in [-0.1, -0.05) is 0 Å². The van der Waals surface area contributed by atoms with E-state index in [1.807, 2.05) is 0 Å². The molecule has 1 aromatic heterocycles. The second-order valence-corrected chi connectivity index (χ2v) is 7.02. The molecule has 0 aliphatic carbocycles. The van der Waals surface area contributed by atoms with E-state index in [-0.39, 0.29) is 15.6 Å². The summed E-state index contributed by atoms with van der Waals surface area (Å²) in [6.07, 6.45) is 0.